The lowest BCUT2D eigenvalue weighted by atomic mass is 9.95. The summed E-state index contributed by atoms with van der Waals surface area (Å²) in [5.74, 6) is -1.16. The van der Waals surface area contributed by atoms with E-state index in [1.54, 1.807) is 6.07 Å². The van der Waals surface area contributed by atoms with Gasteiger partial charge in [0.15, 0.2) is 0 Å². The van der Waals surface area contributed by atoms with E-state index in [-0.39, 0.29) is 35.7 Å². The summed E-state index contributed by atoms with van der Waals surface area (Å²) >= 11 is 0. The van der Waals surface area contributed by atoms with Crippen LogP contribution in [0, 0.1) is 11.8 Å². The average molecular weight is 383 g/mol. The van der Waals surface area contributed by atoms with Crippen LogP contribution in [0.5, 0.6) is 0 Å². The van der Waals surface area contributed by atoms with E-state index >= 15 is 0 Å². The second-order valence-electron chi connectivity index (χ2n) is 6.62. The Balaban J connectivity index is 1.97. The number of piperidine rings is 1. The van der Waals surface area contributed by atoms with Gasteiger partial charge in [-0.1, -0.05) is 13.8 Å². The van der Waals surface area contributed by atoms with Crippen LogP contribution in [-0.2, 0) is 24.3 Å². The summed E-state index contributed by atoms with van der Waals surface area (Å²) in [5.41, 5.74) is 0. The summed E-state index contributed by atoms with van der Waals surface area (Å²) in [4.78, 5) is 28.2. The molecule has 1 aromatic heterocycles. The van der Waals surface area contributed by atoms with Crippen molar-refractivity contribution in [1.82, 2.24) is 14.6 Å². The molecule has 1 aromatic rings. The Kier molecular flexibility index (Phi) is 6.71. The molecule has 2 rings (SSSR count). The van der Waals surface area contributed by atoms with Crippen molar-refractivity contribution >= 4 is 21.9 Å². The first-order valence-corrected chi connectivity index (χ1v) is 9.99. The van der Waals surface area contributed by atoms with Crippen LogP contribution in [-0.4, -0.2) is 55.8 Å². The van der Waals surface area contributed by atoms with E-state index in [1.165, 1.54) is 29.9 Å². The monoisotopic (exact) mass is 383 g/mol. The maximum Gasteiger partial charge on any atom is 0.328 e. The largest absolute Gasteiger partial charge is 0.467 e. The van der Waals surface area contributed by atoms with Gasteiger partial charge < -0.3 is 10.1 Å². The summed E-state index contributed by atoms with van der Waals surface area (Å²) in [7, 11) is -2.32. The van der Waals surface area contributed by atoms with Crippen molar-refractivity contribution < 1.29 is 22.7 Å². The van der Waals surface area contributed by atoms with E-state index in [0.29, 0.717) is 12.8 Å². The molecule has 144 valence electrons. The molecule has 8 nitrogen and oxygen atoms in total. The molecule has 0 saturated carbocycles. The van der Waals surface area contributed by atoms with Crippen LogP contribution >= 0.6 is 0 Å². The minimum Gasteiger partial charge on any atom is -0.467 e. The molecule has 1 saturated heterocycles. The number of nitrogens with zero attached hydrogens (tertiary/aromatic N) is 2. The quantitative estimate of drug-likeness (QED) is 0.728. The molecule has 1 atom stereocenters. The standard InChI is InChI=1S/C17H25N3O5S/c1-12(2)15(17(22)25-3)19-16(21)13-6-9-20(10-7-13)26(23,24)14-5-4-8-18-11-14/h4-5,8,11-13,15H,6-7,9-10H2,1-3H3,(H,19,21)/t15-/m0/s1. The normalized spacial score (nSPS) is 17.7. The number of hydrogen-bond acceptors (Lipinski definition) is 6. The molecular formula is C17H25N3O5S. The first-order valence-electron chi connectivity index (χ1n) is 8.55. The first kappa shape index (κ1) is 20.3. The molecule has 9 heteroatoms. The van der Waals surface area contributed by atoms with Crippen LogP contribution < -0.4 is 5.32 Å². The molecular weight excluding hydrogens is 358 g/mol. The molecule has 1 fully saturated rings. The van der Waals surface area contributed by atoms with Crippen LogP contribution in [0.25, 0.3) is 0 Å². The van der Waals surface area contributed by atoms with E-state index in [0.717, 1.165) is 0 Å². The Bertz CT molecular complexity index is 728. The highest BCUT2D eigenvalue weighted by molar-refractivity contribution is 7.89. The summed E-state index contributed by atoms with van der Waals surface area (Å²) < 4.78 is 31.3. The smallest absolute Gasteiger partial charge is 0.328 e. The maximum absolute atomic E-state index is 12.6. The zero-order valence-corrected chi connectivity index (χ0v) is 16.0. The highest BCUT2D eigenvalue weighted by Crippen LogP contribution is 2.24. The number of nitrogens with one attached hydrogen (secondary N) is 1. The first-order chi connectivity index (χ1) is 12.3. The van der Waals surface area contributed by atoms with E-state index in [4.69, 9.17) is 4.74 Å². The van der Waals surface area contributed by atoms with E-state index in [2.05, 4.69) is 10.3 Å². The number of carbonyl (C=O) groups excluding carboxylic acids is 2. The third-order valence-electron chi connectivity index (χ3n) is 4.52. The number of hydrogen-bond donors (Lipinski definition) is 1. The number of ether oxygens (including phenoxy) is 1. The molecule has 26 heavy (non-hydrogen) atoms. The van der Waals surface area contributed by atoms with Crippen LogP contribution in [0.4, 0.5) is 0 Å². The maximum atomic E-state index is 12.6. The van der Waals surface area contributed by atoms with Crippen molar-refractivity contribution in [2.45, 2.75) is 37.6 Å². The fourth-order valence-corrected chi connectivity index (χ4v) is 4.34. The third-order valence-corrected chi connectivity index (χ3v) is 6.40. The number of rotatable bonds is 6. The highest BCUT2D eigenvalue weighted by atomic mass is 32.2. The van der Waals surface area contributed by atoms with Gasteiger partial charge in [0.25, 0.3) is 0 Å². The molecule has 2 heterocycles. The molecule has 1 aliphatic rings. The van der Waals surface area contributed by atoms with Gasteiger partial charge in [0.2, 0.25) is 15.9 Å². The SMILES string of the molecule is COC(=O)[C@@H](NC(=O)C1CCN(S(=O)(=O)c2cccnc2)CC1)C(C)C. The third kappa shape index (κ3) is 4.59. The molecule has 0 spiro atoms. The molecule has 0 aromatic carbocycles. The summed E-state index contributed by atoms with van der Waals surface area (Å²) in [6.45, 7) is 4.15. The number of methoxy groups -OCH3 is 1. The zero-order chi connectivity index (χ0) is 19.3. The van der Waals surface area contributed by atoms with Crippen molar-refractivity contribution in [3.05, 3.63) is 24.5 Å². The van der Waals surface area contributed by atoms with Crippen molar-refractivity contribution in [3.8, 4) is 0 Å². The van der Waals surface area contributed by atoms with Gasteiger partial charge in [0.05, 0.1) is 7.11 Å². The van der Waals surface area contributed by atoms with Crippen LogP contribution in [0.1, 0.15) is 26.7 Å². The van der Waals surface area contributed by atoms with Crippen LogP contribution in [0.3, 0.4) is 0 Å². The van der Waals surface area contributed by atoms with Gasteiger partial charge in [-0.15, -0.1) is 0 Å². The number of carbonyl (C=O) groups is 2. The van der Waals surface area contributed by atoms with E-state index in [9.17, 15) is 18.0 Å². The van der Waals surface area contributed by atoms with Gasteiger partial charge in [-0.25, -0.2) is 13.2 Å². The summed E-state index contributed by atoms with van der Waals surface area (Å²) in [6.07, 6.45) is 3.63. The Morgan fingerprint density at radius 3 is 2.46 bits per heavy atom. The zero-order valence-electron chi connectivity index (χ0n) is 15.2. The van der Waals surface area contributed by atoms with Crippen LogP contribution in [0.2, 0.25) is 0 Å². The number of amides is 1. The van der Waals surface area contributed by atoms with Gasteiger partial charge in [0.1, 0.15) is 10.9 Å². The van der Waals surface area contributed by atoms with E-state index < -0.39 is 22.0 Å². The van der Waals surface area contributed by atoms with Gasteiger partial charge in [-0.05, 0) is 30.9 Å². The predicted octanol–water partition coefficient (Wildman–Crippen LogP) is 0.796. The lowest BCUT2D eigenvalue weighted by Gasteiger charge is -2.31. The van der Waals surface area contributed by atoms with Crippen molar-refractivity contribution in [2.24, 2.45) is 11.8 Å². The second-order valence-corrected chi connectivity index (χ2v) is 8.56. The Hall–Kier alpha value is -2.00. The number of sulfonamides is 1. The fourth-order valence-electron chi connectivity index (χ4n) is 2.90. The lowest BCUT2D eigenvalue weighted by Crippen LogP contribution is -2.49. The minimum atomic E-state index is -3.60. The summed E-state index contributed by atoms with van der Waals surface area (Å²) in [6, 6.07) is 2.38. The minimum absolute atomic E-state index is 0.0996. The van der Waals surface area contributed by atoms with E-state index in [1.807, 2.05) is 13.8 Å². The van der Waals surface area contributed by atoms with Gasteiger partial charge >= 0.3 is 5.97 Å². The van der Waals surface area contributed by atoms with Gasteiger partial charge in [-0.2, -0.15) is 4.31 Å². The Labute approximate surface area is 154 Å². The second kappa shape index (κ2) is 8.59. The van der Waals surface area contributed by atoms with Gasteiger partial charge in [-0.3, -0.25) is 9.78 Å². The number of aromatic nitrogens is 1. The molecule has 1 aliphatic heterocycles. The molecule has 0 bridgehead atoms. The molecule has 1 N–H and O–H groups in total. The topological polar surface area (TPSA) is 106 Å². The molecule has 1 amide bonds. The number of esters is 1. The van der Waals surface area contributed by atoms with Crippen molar-refractivity contribution in [3.63, 3.8) is 0 Å². The predicted molar refractivity (Wildman–Crippen MR) is 94.5 cm³/mol. The summed E-state index contributed by atoms with van der Waals surface area (Å²) in [5, 5.41) is 2.73. The molecule has 0 radical (unpaired) electrons. The molecule has 0 aliphatic carbocycles. The highest BCUT2D eigenvalue weighted by Gasteiger charge is 2.34. The Morgan fingerprint density at radius 2 is 1.96 bits per heavy atom. The lowest BCUT2D eigenvalue weighted by molar-refractivity contribution is -0.147. The van der Waals surface area contributed by atoms with Crippen LogP contribution in [0.15, 0.2) is 29.4 Å². The fraction of sp³-hybridized carbons (Fsp3) is 0.588. The molecule has 0 unspecified atom stereocenters. The van der Waals surface area contributed by atoms with Crippen molar-refractivity contribution in [2.75, 3.05) is 20.2 Å². The number of pyridine rings is 1. The average Bonchev–Trinajstić information content (AvgIpc) is 2.65. The van der Waals surface area contributed by atoms with Gasteiger partial charge in [0, 0.05) is 31.4 Å². The Morgan fingerprint density at radius 1 is 1.31 bits per heavy atom. The van der Waals surface area contributed by atoms with Crippen molar-refractivity contribution in [1.29, 1.82) is 0 Å².